The Kier molecular flexibility index (Phi) is 5.52. The molecule has 1 saturated heterocycles. The van der Waals surface area contributed by atoms with E-state index in [0.29, 0.717) is 0 Å². The minimum atomic E-state index is 0.778. The average molecular weight is 180 g/mol. The molecule has 1 fully saturated rings. The summed E-state index contributed by atoms with van der Waals surface area (Å²) in [5.74, 6) is 3.76. The van der Waals surface area contributed by atoms with Crippen molar-refractivity contribution in [2.24, 2.45) is 0 Å². The molecule has 1 heterocycles. The van der Waals surface area contributed by atoms with Gasteiger partial charge in [-0.1, -0.05) is 0 Å². The van der Waals surface area contributed by atoms with Crippen molar-refractivity contribution in [1.82, 2.24) is 0 Å². The van der Waals surface area contributed by atoms with E-state index in [9.17, 15) is 0 Å². The molecule has 4 heteroatoms. The molecule has 0 aromatic heterocycles. The summed E-state index contributed by atoms with van der Waals surface area (Å²) in [6.45, 7) is 1.77. The van der Waals surface area contributed by atoms with Crippen LogP contribution >= 0.6 is 23.5 Å². The largest absolute Gasteiger partial charge is 0.370 e. The monoisotopic (exact) mass is 180 g/mol. The smallest absolute Gasteiger partial charge is 0.0943 e. The van der Waals surface area contributed by atoms with Crippen molar-refractivity contribution < 1.29 is 9.47 Å². The molecule has 0 aromatic carbocycles. The molecular weight excluding hydrogens is 168 g/mol. The van der Waals surface area contributed by atoms with Crippen LogP contribution in [0.4, 0.5) is 0 Å². The van der Waals surface area contributed by atoms with Crippen molar-refractivity contribution in [3.8, 4) is 0 Å². The quantitative estimate of drug-likeness (QED) is 0.561. The van der Waals surface area contributed by atoms with Crippen LogP contribution in [-0.4, -0.2) is 36.6 Å². The van der Waals surface area contributed by atoms with Crippen molar-refractivity contribution in [3.05, 3.63) is 0 Å². The van der Waals surface area contributed by atoms with Crippen LogP contribution in [0.2, 0.25) is 0 Å². The first kappa shape index (κ1) is 8.71. The van der Waals surface area contributed by atoms with Gasteiger partial charge in [-0.3, -0.25) is 0 Å². The summed E-state index contributed by atoms with van der Waals surface area (Å²) < 4.78 is 10.5. The Morgan fingerprint density at radius 1 is 0.800 bits per heavy atom. The number of hydrogen-bond donors (Lipinski definition) is 0. The van der Waals surface area contributed by atoms with E-state index in [0.717, 1.165) is 36.6 Å². The van der Waals surface area contributed by atoms with Gasteiger partial charge >= 0.3 is 0 Å². The van der Waals surface area contributed by atoms with Gasteiger partial charge in [-0.2, -0.15) is 11.8 Å². The first-order chi connectivity index (χ1) is 5.00. The van der Waals surface area contributed by atoms with Gasteiger partial charge in [0.1, 0.15) is 0 Å². The molecule has 0 aliphatic carbocycles. The fourth-order valence-electron chi connectivity index (χ4n) is 0.607. The summed E-state index contributed by atoms with van der Waals surface area (Å²) in [6, 6.07) is 0. The maximum atomic E-state index is 5.27. The van der Waals surface area contributed by atoms with Gasteiger partial charge in [-0.05, 0) is 0 Å². The van der Waals surface area contributed by atoms with Gasteiger partial charge in [-0.25, -0.2) is 0 Å². The lowest BCUT2D eigenvalue weighted by Crippen LogP contribution is -2.05. The maximum absolute atomic E-state index is 5.27. The van der Waals surface area contributed by atoms with Crippen LogP contribution in [0.15, 0.2) is 0 Å². The van der Waals surface area contributed by atoms with Crippen molar-refractivity contribution >= 4 is 23.5 Å². The SMILES string of the molecule is C1CSCCOCSCO1. The van der Waals surface area contributed by atoms with Crippen LogP contribution in [0.3, 0.4) is 0 Å². The normalized spacial score (nSPS) is 24.0. The number of thioether (sulfide) groups is 2. The first-order valence-corrected chi connectivity index (χ1v) is 5.62. The van der Waals surface area contributed by atoms with E-state index in [2.05, 4.69) is 0 Å². The third-order valence-electron chi connectivity index (χ3n) is 1.08. The predicted octanol–water partition coefficient (Wildman–Crippen LogP) is 1.41. The molecular formula is C6H12O2S2. The maximum Gasteiger partial charge on any atom is 0.0943 e. The predicted molar refractivity (Wildman–Crippen MR) is 46.6 cm³/mol. The van der Waals surface area contributed by atoms with Crippen LogP contribution in [0, 0.1) is 0 Å². The Balaban J connectivity index is 2.00. The molecule has 0 radical (unpaired) electrons. The van der Waals surface area contributed by atoms with E-state index in [4.69, 9.17) is 9.47 Å². The molecule has 0 aromatic rings. The van der Waals surface area contributed by atoms with Crippen LogP contribution < -0.4 is 0 Å². The summed E-state index contributed by atoms with van der Waals surface area (Å²) in [4.78, 5) is 0. The highest BCUT2D eigenvalue weighted by molar-refractivity contribution is 7.99. The second kappa shape index (κ2) is 6.34. The molecule has 0 N–H and O–H groups in total. The van der Waals surface area contributed by atoms with E-state index in [-0.39, 0.29) is 0 Å². The molecule has 0 saturated carbocycles. The molecule has 0 bridgehead atoms. The molecule has 1 aliphatic rings. The van der Waals surface area contributed by atoms with Gasteiger partial charge in [0.25, 0.3) is 0 Å². The molecule has 0 amide bonds. The number of hydrogen-bond acceptors (Lipinski definition) is 4. The minimum absolute atomic E-state index is 0.778. The Labute approximate surface area is 70.0 Å². The molecule has 10 heavy (non-hydrogen) atoms. The van der Waals surface area contributed by atoms with Crippen LogP contribution in [0.5, 0.6) is 0 Å². The highest BCUT2D eigenvalue weighted by Crippen LogP contribution is 2.06. The van der Waals surface area contributed by atoms with E-state index >= 15 is 0 Å². The van der Waals surface area contributed by atoms with Gasteiger partial charge in [0, 0.05) is 11.5 Å². The lowest BCUT2D eigenvalue weighted by molar-refractivity contribution is 0.183. The summed E-state index contributed by atoms with van der Waals surface area (Å²) in [6.07, 6.45) is 0. The van der Waals surface area contributed by atoms with Crippen LogP contribution in [-0.2, 0) is 9.47 Å². The van der Waals surface area contributed by atoms with Crippen LogP contribution in [0.25, 0.3) is 0 Å². The standard InChI is InChI=1S/C6H12O2S2/c1-3-9-4-2-8-6-10-5-7-1/h1-6H2. The lowest BCUT2D eigenvalue weighted by atomic mass is 10.8. The minimum Gasteiger partial charge on any atom is -0.370 e. The van der Waals surface area contributed by atoms with Gasteiger partial charge in [0.05, 0.1) is 25.1 Å². The van der Waals surface area contributed by atoms with Crippen molar-refractivity contribution in [2.75, 3.05) is 36.6 Å². The molecule has 2 nitrogen and oxygen atoms in total. The molecule has 0 spiro atoms. The molecule has 60 valence electrons. The second-order valence-electron chi connectivity index (χ2n) is 1.87. The fraction of sp³-hybridized carbons (Fsp3) is 1.00. The molecule has 1 rings (SSSR count). The number of rotatable bonds is 0. The van der Waals surface area contributed by atoms with Gasteiger partial charge in [0.15, 0.2) is 0 Å². The van der Waals surface area contributed by atoms with Crippen LogP contribution in [0.1, 0.15) is 0 Å². The van der Waals surface area contributed by atoms with E-state index < -0.39 is 0 Å². The van der Waals surface area contributed by atoms with Gasteiger partial charge in [-0.15, -0.1) is 11.8 Å². The molecule has 0 unspecified atom stereocenters. The Morgan fingerprint density at radius 2 is 1.40 bits per heavy atom. The summed E-state index contributed by atoms with van der Waals surface area (Å²) in [5.41, 5.74) is 0. The third-order valence-corrected chi connectivity index (χ3v) is 2.65. The zero-order chi connectivity index (χ0) is 7.07. The average Bonchev–Trinajstić information content (AvgIpc) is 2.01. The van der Waals surface area contributed by atoms with Crippen molar-refractivity contribution in [2.45, 2.75) is 0 Å². The third kappa shape index (κ3) is 4.44. The zero-order valence-corrected chi connectivity index (χ0v) is 7.51. The molecule has 0 atom stereocenters. The lowest BCUT2D eigenvalue weighted by Gasteiger charge is -2.08. The topological polar surface area (TPSA) is 18.5 Å². The van der Waals surface area contributed by atoms with E-state index in [1.807, 2.05) is 11.8 Å². The first-order valence-electron chi connectivity index (χ1n) is 3.31. The Bertz CT molecular complexity index is 46.9. The Hall–Kier alpha value is 0.620. The van der Waals surface area contributed by atoms with Gasteiger partial charge < -0.3 is 9.47 Å². The number of ether oxygens (including phenoxy) is 2. The highest BCUT2D eigenvalue weighted by atomic mass is 32.2. The second-order valence-corrected chi connectivity index (χ2v) is 3.97. The summed E-state index contributed by atoms with van der Waals surface area (Å²) >= 11 is 3.59. The molecule has 1 aliphatic heterocycles. The van der Waals surface area contributed by atoms with Gasteiger partial charge in [0.2, 0.25) is 0 Å². The van der Waals surface area contributed by atoms with Crippen molar-refractivity contribution in [1.29, 1.82) is 0 Å². The zero-order valence-electron chi connectivity index (χ0n) is 5.88. The fourth-order valence-corrected chi connectivity index (χ4v) is 1.82. The van der Waals surface area contributed by atoms with E-state index in [1.54, 1.807) is 11.8 Å². The summed E-state index contributed by atoms with van der Waals surface area (Å²) in [7, 11) is 0. The van der Waals surface area contributed by atoms with E-state index in [1.165, 1.54) is 0 Å². The Morgan fingerprint density at radius 3 is 2.00 bits per heavy atom. The summed E-state index contributed by atoms with van der Waals surface area (Å²) in [5, 5.41) is 0. The van der Waals surface area contributed by atoms with Crippen molar-refractivity contribution in [3.63, 3.8) is 0 Å². The highest BCUT2D eigenvalue weighted by Gasteiger charge is 1.95.